The molecule has 1 aromatic rings. The van der Waals surface area contributed by atoms with E-state index in [1.807, 2.05) is 0 Å². The molecular formula is C11H9F3N2O2. The summed E-state index contributed by atoms with van der Waals surface area (Å²) in [4.78, 5) is 23.7. The molecule has 2 amide bonds. The number of anilines is 1. The van der Waals surface area contributed by atoms with Gasteiger partial charge in [-0.1, -0.05) is 6.07 Å². The molecule has 2 rings (SSSR count). The van der Waals surface area contributed by atoms with E-state index in [4.69, 9.17) is 0 Å². The number of benzene rings is 1. The summed E-state index contributed by atoms with van der Waals surface area (Å²) in [5.41, 5.74) is -0.775. The van der Waals surface area contributed by atoms with E-state index in [0.29, 0.717) is 0 Å². The minimum atomic E-state index is -4.48. The van der Waals surface area contributed by atoms with Crippen LogP contribution in [0, 0.1) is 0 Å². The molecule has 4 nitrogen and oxygen atoms in total. The number of alkyl halides is 3. The van der Waals surface area contributed by atoms with Gasteiger partial charge in [0.2, 0.25) is 11.8 Å². The van der Waals surface area contributed by atoms with Crippen LogP contribution in [-0.4, -0.2) is 24.9 Å². The van der Waals surface area contributed by atoms with Gasteiger partial charge in [-0.2, -0.15) is 13.2 Å². The quantitative estimate of drug-likeness (QED) is 0.822. The van der Waals surface area contributed by atoms with Crippen molar-refractivity contribution in [2.45, 2.75) is 6.18 Å². The second-order valence-corrected chi connectivity index (χ2v) is 3.80. The molecule has 1 fully saturated rings. The van der Waals surface area contributed by atoms with Crippen LogP contribution in [0.5, 0.6) is 0 Å². The Morgan fingerprint density at radius 3 is 2.61 bits per heavy atom. The van der Waals surface area contributed by atoms with E-state index in [0.717, 1.165) is 17.0 Å². The summed E-state index contributed by atoms with van der Waals surface area (Å²) in [6.45, 7) is -0.463. The zero-order chi connectivity index (χ0) is 13.3. The Morgan fingerprint density at radius 2 is 1.94 bits per heavy atom. The number of hydrogen-bond acceptors (Lipinski definition) is 2. The molecule has 1 aliphatic heterocycles. The molecular weight excluding hydrogens is 249 g/mol. The van der Waals surface area contributed by atoms with E-state index in [1.165, 1.54) is 12.1 Å². The smallest absolute Gasteiger partial charge is 0.345 e. The Hall–Kier alpha value is -2.05. The number of piperazine rings is 1. The highest BCUT2D eigenvalue weighted by molar-refractivity contribution is 6.04. The molecule has 0 saturated carbocycles. The molecule has 7 heteroatoms. The molecule has 1 saturated heterocycles. The number of carbonyl (C=O) groups is 2. The van der Waals surface area contributed by atoms with Crippen LogP contribution in [0.1, 0.15) is 5.56 Å². The molecule has 1 heterocycles. The lowest BCUT2D eigenvalue weighted by Gasteiger charge is -2.27. The largest absolute Gasteiger partial charge is 0.416 e. The molecule has 0 unspecified atom stereocenters. The van der Waals surface area contributed by atoms with Crippen LogP contribution in [0.3, 0.4) is 0 Å². The highest BCUT2D eigenvalue weighted by Gasteiger charge is 2.32. The normalized spacial score (nSPS) is 16.7. The van der Waals surface area contributed by atoms with Crippen molar-refractivity contribution in [2.75, 3.05) is 18.0 Å². The van der Waals surface area contributed by atoms with Gasteiger partial charge >= 0.3 is 6.18 Å². The van der Waals surface area contributed by atoms with E-state index in [9.17, 15) is 22.8 Å². The van der Waals surface area contributed by atoms with Crippen LogP contribution in [0.25, 0.3) is 0 Å². The topological polar surface area (TPSA) is 49.4 Å². The maximum Gasteiger partial charge on any atom is 0.416 e. The van der Waals surface area contributed by atoms with Crippen molar-refractivity contribution in [1.82, 2.24) is 5.32 Å². The van der Waals surface area contributed by atoms with Crippen LogP contribution < -0.4 is 10.2 Å². The number of rotatable bonds is 1. The van der Waals surface area contributed by atoms with Crippen molar-refractivity contribution in [2.24, 2.45) is 0 Å². The molecule has 96 valence electrons. The average molecular weight is 258 g/mol. The van der Waals surface area contributed by atoms with Crippen LogP contribution in [0.4, 0.5) is 18.9 Å². The number of amides is 2. The summed E-state index contributed by atoms with van der Waals surface area (Å²) in [5.74, 6) is -0.832. The maximum absolute atomic E-state index is 12.5. The first-order chi connectivity index (χ1) is 8.38. The van der Waals surface area contributed by atoms with Crippen LogP contribution >= 0.6 is 0 Å². The van der Waals surface area contributed by atoms with Crippen molar-refractivity contribution < 1.29 is 22.8 Å². The van der Waals surface area contributed by atoms with Gasteiger partial charge in [-0.25, -0.2) is 0 Å². The second-order valence-electron chi connectivity index (χ2n) is 3.80. The standard InChI is InChI=1S/C11H9F3N2O2/c12-11(13,14)7-2-1-3-8(4-7)16-6-9(17)15-5-10(16)18/h1-4H,5-6H2,(H,15,17). The van der Waals surface area contributed by atoms with E-state index in [1.54, 1.807) is 0 Å². The van der Waals surface area contributed by atoms with E-state index >= 15 is 0 Å². The summed E-state index contributed by atoms with van der Waals surface area (Å²) < 4.78 is 37.6. The van der Waals surface area contributed by atoms with Gasteiger partial charge in [0.05, 0.1) is 12.1 Å². The number of carbonyl (C=O) groups excluding carboxylic acids is 2. The molecule has 1 N–H and O–H groups in total. The van der Waals surface area contributed by atoms with E-state index in [-0.39, 0.29) is 18.8 Å². The van der Waals surface area contributed by atoms with Crippen LogP contribution in [0.2, 0.25) is 0 Å². The molecule has 0 radical (unpaired) electrons. The Bertz CT molecular complexity index is 499. The third kappa shape index (κ3) is 2.44. The average Bonchev–Trinajstić information content (AvgIpc) is 2.31. The molecule has 0 bridgehead atoms. The molecule has 0 spiro atoms. The third-order valence-electron chi connectivity index (χ3n) is 2.52. The van der Waals surface area contributed by atoms with E-state index in [2.05, 4.69) is 5.32 Å². The fourth-order valence-corrected chi connectivity index (χ4v) is 1.64. The summed E-state index contributed by atoms with van der Waals surface area (Å²) in [7, 11) is 0. The van der Waals surface area contributed by atoms with Gasteiger partial charge < -0.3 is 10.2 Å². The van der Waals surface area contributed by atoms with Crippen molar-refractivity contribution in [3.05, 3.63) is 29.8 Å². The summed E-state index contributed by atoms with van der Waals surface area (Å²) >= 11 is 0. The first-order valence-corrected chi connectivity index (χ1v) is 5.12. The van der Waals surface area contributed by atoms with Gasteiger partial charge in [-0.15, -0.1) is 0 Å². The Kier molecular flexibility index (Phi) is 2.98. The summed E-state index contributed by atoms with van der Waals surface area (Å²) in [6, 6.07) is 4.35. The maximum atomic E-state index is 12.5. The van der Waals surface area contributed by atoms with Crippen molar-refractivity contribution in [1.29, 1.82) is 0 Å². The molecule has 0 aromatic heterocycles. The van der Waals surface area contributed by atoms with Gasteiger partial charge in [0.25, 0.3) is 0 Å². The molecule has 1 aromatic carbocycles. The number of nitrogens with one attached hydrogen (secondary N) is 1. The first-order valence-electron chi connectivity index (χ1n) is 5.12. The number of hydrogen-bond donors (Lipinski definition) is 1. The lowest BCUT2D eigenvalue weighted by Crippen LogP contribution is -2.51. The molecule has 1 aliphatic rings. The predicted octanol–water partition coefficient (Wildman–Crippen LogP) is 1.17. The van der Waals surface area contributed by atoms with Crippen molar-refractivity contribution >= 4 is 17.5 Å². The minimum Gasteiger partial charge on any atom is -0.345 e. The SMILES string of the molecule is O=C1CN(c2cccc(C(F)(F)F)c2)C(=O)CN1. The fraction of sp³-hybridized carbons (Fsp3) is 0.273. The molecule has 0 aliphatic carbocycles. The minimum absolute atomic E-state index is 0.0738. The van der Waals surface area contributed by atoms with Crippen molar-refractivity contribution in [3.63, 3.8) is 0 Å². The van der Waals surface area contributed by atoms with Gasteiger partial charge in [0.15, 0.2) is 0 Å². The summed E-state index contributed by atoms with van der Waals surface area (Å²) in [6.07, 6.45) is -4.48. The van der Waals surface area contributed by atoms with Gasteiger partial charge in [0.1, 0.15) is 6.54 Å². The fourth-order valence-electron chi connectivity index (χ4n) is 1.64. The van der Waals surface area contributed by atoms with Crippen LogP contribution in [0.15, 0.2) is 24.3 Å². The lowest BCUT2D eigenvalue weighted by molar-refractivity contribution is -0.137. The zero-order valence-corrected chi connectivity index (χ0v) is 9.12. The Labute approximate surface area is 100 Å². The van der Waals surface area contributed by atoms with Crippen molar-refractivity contribution in [3.8, 4) is 0 Å². The monoisotopic (exact) mass is 258 g/mol. The highest BCUT2D eigenvalue weighted by atomic mass is 19.4. The summed E-state index contributed by atoms with van der Waals surface area (Å²) in [5, 5.41) is 2.32. The van der Waals surface area contributed by atoms with E-state index < -0.39 is 23.6 Å². The number of halogens is 3. The Balaban J connectivity index is 2.33. The number of nitrogens with zero attached hydrogens (tertiary/aromatic N) is 1. The molecule has 0 atom stereocenters. The second kappa shape index (κ2) is 4.32. The zero-order valence-electron chi connectivity index (χ0n) is 9.12. The lowest BCUT2D eigenvalue weighted by atomic mass is 10.1. The Morgan fingerprint density at radius 1 is 1.22 bits per heavy atom. The van der Waals surface area contributed by atoms with Gasteiger partial charge in [-0.3, -0.25) is 9.59 Å². The van der Waals surface area contributed by atoms with Gasteiger partial charge in [-0.05, 0) is 18.2 Å². The predicted molar refractivity (Wildman–Crippen MR) is 56.8 cm³/mol. The highest BCUT2D eigenvalue weighted by Crippen LogP contribution is 2.31. The first kappa shape index (κ1) is 12.4. The van der Waals surface area contributed by atoms with Gasteiger partial charge in [0, 0.05) is 5.69 Å². The van der Waals surface area contributed by atoms with Crippen LogP contribution in [-0.2, 0) is 15.8 Å². The molecule has 18 heavy (non-hydrogen) atoms. The third-order valence-corrected chi connectivity index (χ3v) is 2.52.